The quantitative estimate of drug-likeness (QED) is 0.587. The van der Waals surface area contributed by atoms with E-state index in [1.165, 1.54) is 0 Å². The minimum Gasteiger partial charge on any atom is -0.459 e. The molecular weight excluding hydrogens is 128 g/mol. The monoisotopic (exact) mass is 142 g/mol. The summed E-state index contributed by atoms with van der Waals surface area (Å²) in [6.07, 6.45) is 2.46. The molecule has 10 heavy (non-hydrogen) atoms. The first-order chi connectivity index (χ1) is 4.77. The van der Waals surface area contributed by atoms with E-state index in [9.17, 15) is 0 Å². The van der Waals surface area contributed by atoms with Gasteiger partial charge in [-0.1, -0.05) is 13.8 Å². The molecule has 0 N–H and O–H groups in total. The highest BCUT2D eigenvalue weighted by molar-refractivity contribution is 4.85. The van der Waals surface area contributed by atoms with Crippen molar-refractivity contribution >= 4 is 0 Å². The van der Waals surface area contributed by atoms with Crippen molar-refractivity contribution in [3.63, 3.8) is 0 Å². The van der Waals surface area contributed by atoms with Crippen LogP contribution in [-0.2, 0) is 9.47 Å². The molecule has 0 aromatic carbocycles. The second-order valence-electron chi connectivity index (χ2n) is 2.50. The molecular formula is C8H14O2. The lowest BCUT2D eigenvalue weighted by molar-refractivity contribution is 0.141. The predicted molar refractivity (Wildman–Crippen MR) is 39.5 cm³/mol. The van der Waals surface area contributed by atoms with Gasteiger partial charge in [-0.2, -0.15) is 0 Å². The SMILES string of the molecule is C=C1OC(CC)C(CC)O1. The molecule has 58 valence electrons. The van der Waals surface area contributed by atoms with Crippen LogP contribution in [0.25, 0.3) is 0 Å². The van der Waals surface area contributed by atoms with Gasteiger partial charge >= 0.3 is 0 Å². The molecule has 2 unspecified atom stereocenters. The van der Waals surface area contributed by atoms with Crippen LogP contribution >= 0.6 is 0 Å². The van der Waals surface area contributed by atoms with Crippen LogP contribution in [0.1, 0.15) is 26.7 Å². The van der Waals surface area contributed by atoms with Crippen molar-refractivity contribution in [2.45, 2.75) is 38.9 Å². The highest BCUT2D eigenvalue weighted by Crippen LogP contribution is 2.24. The molecule has 0 bridgehead atoms. The summed E-state index contributed by atoms with van der Waals surface area (Å²) in [5, 5.41) is 0. The van der Waals surface area contributed by atoms with Crippen molar-refractivity contribution in [2.24, 2.45) is 0 Å². The molecule has 0 aromatic rings. The molecule has 0 aromatic heterocycles. The van der Waals surface area contributed by atoms with Gasteiger partial charge in [-0.15, -0.1) is 0 Å². The second kappa shape index (κ2) is 2.95. The number of hydrogen-bond donors (Lipinski definition) is 0. The van der Waals surface area contributed by atoms with Crippen LogP contribution in [0.15, 0.2) is 12.5 Å². The molecule has 1 rings (SSSR count). The van der Waals surface area contributed by atoms with E-state index in [0.717, 1.165) is 12.8 Å². The van der Waals surface area contributed by atoms with Gasteiger partial charge in [-0.3, -0.25) is 0 Å². The van der Waals surface area contributed by atoms with E-state index in [4.69, 9.17) is 9.47 Å². The summed E-state index contributed by atoms with van der Waals surface area (Å²) in [6.45, 7) is 7.79. The Morgan fingerprint density at radius 2 is 1.60 bits per heavy atom. The van der Waals surface area contributed by atoms with Crippen molar-refractivity contribution in [3.8, 4) is 0 Å². The van der Waals surface area contributed by atoms with Gasteiger partial charge in [0.1, 0.15) is 12.2 Å². The summed E-state index contributed by atoms with van der Waals surface area (Å²) < 4.78 is 10.6. The Labute approximate surface area is 61.8 Å². The average Bonchev–Trinajstić information content (AvgIpc) is 2.30. The summed E-state index contributed by atoms with van der Waals surface area (Å²) >= 11 is 0. The Hall–Kier alpha value is -0.660. The maximum Gasteiger partial charge on any atom is 0.272 e. The second-order valence-corrected chi connectivity index (χ2v) is 2.50. The van der Waals surface area contributed by atoms with Gasteiger partial charge in [-0.05, 0) is 19.4 Å². The molecule has 2 nitrogen and oxygen atoms in total. The normalized spacial score (nSPS) is 31.6. The number of hydrogen-bond acceptors (Lipinski definition) is 2. The molecule has 0 aliphatic carbocycles. The maximum absolute atomic E-state index is 5.30. The van der Waals surface area contributed by atoms with Crippen LogP contribution in [0, 0.1) is 0 Å². The zero-order valence-electron chi connectivity index (χ0n) is 6.59. The van der Waals surface area contributed by atoms with E-state index >= 15 is 0 Å². The van der Waals surface area contributed by atoms with Crippen LogP contribution in [0.4, 0.5) is 0 Å². The van der Waals surface area contributed by atoms with Crippen molar-refractivity contribution < 1.29 is 9.47 Å². The molecule has 1 aliphatic heterocycles. The average molecular weight is 142 g/mol. The fourth-order valence-corrected chi connectivity index (χ4v) is 1.21. The van der Waals surface area contributed by atoms with E-state index < -0.39 is 0 Å². The van der Waals surface area contributed by atoms with Crippen LogP contribution in [0.2, 0.25) is 0 Å². The Morgan fingerprint density at radius 1 is 1.20 bits per heavy atom. The van der Waals surface area contributed by atoms with E-state index in [1.807, 2.05) is 0 Å². The van der Waals surface area contributed by atoms with Crippen LogP contribution in [0.5, 0.6) is 0 Å². The van der Waals surface area contributed by atoms with Gasteiger partial charge in [0.25, 0.3) is 5.95 Å². The smallest absolute Gasteiger partial charge is 0.272 e. The first kappa shape index (κ1) is 7.45. The Morgan fingerprint density at radius 3 is 1.90 bits per heavy atom. The highest BCUT2D eigenvalue weighted by Gasteiger charge is 2.29. The standard InChI is InChI=1S/C8H14O2/c1-4-7-8(5-2)10-6(3)9-7/h7-8H,3-5H2,1-2H3. The van der Waals surface area contributed by atoms with Gasteiger partial charge in [-0.25, -0.2) is 0 Å². The van der Waals surface area contributed by atoms with Crippen LogP contribution in [0.3, 0.4) is 0 Å². The van der Waals surface area contributed by atoms with Crippen molar-refractivity contribution in [3.05, 3.63) is 12.5 Å². The molecule has 1 saturated heterocycles. The van der Waals surface area contributed by atoms with Gasteiger partial charge in [0.05, 0.1) is 0 Å². The van der Waals surface area contributed by atoms with Crippen LogP contribution < -0.4 is 0 Å². The summed E-state index contributed by atoms with van der Waals surface area (Å²) in [7, 11) is 0. The van der Waals surface area contributed by atoms with Crippen molar-refractivity contribution in [1.82, 2.24) is 0 Å². The molecule has 1 heterocycles. The fraction of sp³-hybridized carbons (Fsp3) is 0.750. The first-order valence-electron chi connectivity index (χ1n) is 3.80. The molecule has 1 aliphatic rings. The minimum absolute atomic E-state index is 0.234. The van der Waals surface area contributed by atoms with Crippen LogP contribution in [-0.4, -0.2) is 12.2 Å². The lowest BCUT2D eigenvalue weighted by Gasteiger charge is -2.10. The van der Waals surface area contributed by atoms with E-state index in [1.54, 1.807) is 0 Å². The Bertz CT molecular complexity index is 117. The molecule has 2 atom stereocenters. The van der Waals surface area contributed by atoms with Gasteiger partial charge in [0.2, 0.25) is 0 Å². The summed E-state index contributed by atoms with van der Waals surface area (Å²) in [5.74, 6) is 0.485. The largest absolute Gasteiger partial charge is 0.459 e. The molecule has 0 amide bonds. The zero-order chi connectivity index (χ0) is 7.56. The molecule has 0 spiro atoms. The summed E-state index contributed by atoms with van der Waals surface area (Å²) in [6, 6.07) is 0. The number of ether oxygens (including phenoxy) is 2. The first-order valence-corrected chi connectivity index (χ1v) is 3.80. The molecule has 2 heteroatoms. The van der Waals surface area contributed by atoms with E-state index in [-0.39, 0.29) is 12.2 Å². The topological polar surface area (TPSA) is 18.5 Å². The number of rotatable bonds is 2. The Balaban J connectivity index is 2.48. The zero-order valence-corrected chi connectivity index (χ0v) is 6.59. The third kappa shape index (κ3) is 1.25. The Kier molecular flexibility index (Phi) is 2.20. The summed E-state index contributed by atoms with van der Waals surface area (Å²) in [5.41, 5.74) is 0. The van der Waals surface area contributed by atoms with Gasteiger partial charge in [0.15, 0.2) is 0 Å². The molecule has 0 saturated carbocycles. The molecule has 1 fully saturated rings. The van der Waals surface area contributed by atoms with Gasteiger partial charge in [0, 0.05) is 0 Å². The summed E-state index contributed by atoms with van der Waals surface area (Å²) in [4.78, 5) is 0. The lowest BCUT2D eigenvalue weighted by atomic mass is 10.1. The predicted octanol–water partition coefficient (Wildman–Crippen LogP) is 2.06. The van der Waals surface area contributed by atoms with E-state index in [0.29, 0.717) is 5.95 Å². The van der Waals surface area contributed by atoms with Crippen molar-refractivity contribution in [1.29, 1.82) is 0 Å². The van der Waals surface area contributed by atoms with Gasteiger partial charge < -0.3 is 9.47 Å². The minimum atomic E-state index is 0.234. The van der Waals surface area contributed by atoms with E-state index in [2.05, 4.69) is 20.4 Å². The highest BCUT2D eigenvalue weighted by atomic mass is 16.7. The maximum atomic E-state index is 5.30. The third-order valence-corrected chi connectivity index (χ3v) is 1.79. The molecule has 0 radical (unpaired) electrons. The van der Waals surface area contributed by atoms with Crippen molar-refractivity contribution in [2.75, 3.05) is 0 Å². The fourth-order valence-electron chi connectivity index (χ4n) is 1.21. The lowest BCUT2D eigenvalue weighted by Crippen LogP contribution is -2.20. The third-order valence-electron chi connectivity index (χ3n) is 1.79.